The van der Waals surface area contributed by atoms with E-state index < -0.39 is 0 Å². The average molecular weight is 311 g/mol. The van der Waals surface area contributed by atoms with Gasteiger partial charge in [-0.05, 0) is 34.1 Å². The molecule has 0 aliphatic carbocycles. The Hall–Kier alpha value is -1.46. The van der Waals surface area contributed by atoms with Crippen molar-refractivity contribution in [2.75, 3.05) is 0 Å². The number of rotatable bonds is 4. The van der Waals surface area contributed by atoms with E-state index in [9.17, 15) is 4.39 Å². The molecular formula is C13H12BrFN2O. The first-order valence-electron chi connectivity index (χ1n) is 5.41. The Balaban J connectivity index is 2.14. The largest absolute Gasteiger partial charge is 0.488 e. The minimum Gasteiger partial charge on any atom is -0.488 e. The monoisotopic (exact) mass is 310 g/mol. The summed E-state index contributed by atoms with van der Waals surface area (Å²) in [5.74, 6) is 0.125. The minimum absolute atomic E-state index is 0.308. The molecule has 2 aromatic rings. The molecule has 1 aromatic carbocycles. The van der Waals surface area contributed by atoms with Gasteiger partial charge in [-0.3, -0.25) is 4.98 Å². The van der Waals surface area contributed by atoms with E-state index in [0.29, 0.717) is 23.4 Å². The predicted molar refractivity (Wildman–Crippen MR) is 70.6 cm³/mol. The van der Waals surface area contributed by atoms with Crippen LogP contribution in [-0.2, 0) is 13.2 Å². The fourth-order valence-electron chi connectivity index (χ4n) is 1.53. The molecule has 1 aromatic heterocycles. The Kier molecular flexibility index (Phi) is 4.28. The predicted octanol–water partition coefficient (Wildman–Crippen LogP) is 3.02. The van der Waals surface area contributed by atoms with Crippen LogP contribution in [0, 0.1) is 5.82 Å². The fourth-order valence-corrected chi connectivity index (χ4v) is 1.89. The van der Waals surface area contributed by atoms with Crippen molar-refractivity contribution >= 4 is 15.9 Å². The standard InChI is InChI=1S/C13H12BrFN2O/c14-11-4-3-10(15)6-13(11)18-8-9-2-1-5-17-12(9)7-16/h1-6H,7-8,16H2. The Morgan fingerprint density at radius 2 is 2.17 bits per heavy atom. The van der Waals surface area contributed by atoms with Gasteiger partial charge < -0.3 is 10.5 Å². The molecule has 0 spiro atoms. The lowest BCUT2D eigenvalue weighted by atomic mass is 10.2. The van der Waals surface area contributed by atoms with E-state index in [4.69, 9.17) is 10.5 Å². The van der Waals surface area contributed by atoms with Crippen molar-refractivity contribution in [2.45, 2.75) is 13.2 Å². The Labute approximate surface area is 113 Å². The van der Waals surface area contributed by atoms with Crippen LogP contribution in [0.4, 0.5) is 4.39 Å². The van der Waals surface area contributed by atoms with E-state index >= 15 is 0 Å². The number of benzene rings is 1. The third-order valence-corrected chi connectivity index (χ3v) is 3.11. The summed E-state index contributed by atoms with van der Waals surface area (Å²) >= 11 is 3.31. The summed E-state index contributed by atoms with van der Waals surface area (Å²) in [4.78, 5) is 4.16. The van der Waals surface area contributed by atoms with Gasteiger partial charge in [-0.2, -0.15) is 0 Å². The van der Waals surface area contributed by atoms with Crippen molar-refractivity contribution in [3.8, 4) is 5.75 Å². The van der Waals surface area contributed by atoms with Crippen LogP contribution in [0.3, 0.4) is 0 Å². The number of hydrogen-bond acceptors (Lipinski definition) is 3. The average Bonchev–Trinajstić information content (AvgIpc) is 2.40. The molecule has 0 fully saturated rings. The van der Waals surface area contributed by atoms with Crippen molar-refractivity contribution in [3.63, 3.8) is 0 Å². The zero-order valence-electron chi connectivity index (χ0n) is 9.57. The van der Waals surface area contributed by atoms with Gasteiger partial charge in [0.1, 0.15) is 18.2 Å². The molecule has 0 aliphatic heterocycles. The number of nitrogens with two attached hydrogens (primary N) is 1. The summed E-state index contributed by atoms with van der Waals surface area (Å²) in [7, 11) is 0. The molecule has 0 radical (unpaired) electrons. The van der Waals surface area contributed by atoms with Crippen molar-refractivity contribution in [3.05, 3.63) is 58.1 Å². The lowest BCUT2D eigenvalue weighted by Crippen LogP contribution is -2.07. The van der Waals surface area contributed by atoms with Gasteiger partial charge in [0.05, 0.1) is 10.2 Å². The van der Waals surface area contributed by atoms with Crippen LogP contribution in [0.25, 0.3) is 0 Å². The number of aromatic nitrogens is 1. The van der Waals surface area contributed by atoms with Crippen LogP contribution in [-0.4, -0.2) is 4.98 Å². The highest BCUT2D eigenvalue weighted by Gasteiger charge is 2.06. The van der Waals surface area contributed by atoms with Gasteiger partial charge in [-0.1, -0.05) is 6.07 Å². The summed E-state index contributed by atoms with van der Waals surface area (Å²) in [6.07, 6.45) is 1.68. The highest BCUT2D eigenvalue weighted by atomic mass is 79.9. The SMILES string of the molecule is NCc1ncccc1COc1cc(F)ccc1Br. The quantitative estimate of drug-likeness (QED) is 0.944. The highest BCUT2D eigenvalue weighted by molar-refractivity contribution is 9.10. The van der Waals surface area contributed by atoms with Crippen LogP contribution >= 0.6 is 15.9 Å². The number of ether oxygens (including phenoxy) is 1. The van der Waals surface area contributed by atoms with Gasteiger partial charge in [-0.15, -0.1) is 0 Å². The molecule has 0 atom stereocenters. The third kappa shape index (κ3) is 3.05. The normalized spacial score (nSPS) is 10.4. The van der Waals surface area contributed by atoms with Crippen molar-refractivity contribution in [2.24, 2.45) is 5.73 Å². The molecule has 0 bridgehead atoms. The molecule has 18 heavy (non-hydrogen) atoms. The van der Waals surface area contributed by atoms with Crippen molar-refractivity contribution in [1.29, 1.82) is 0 Å². The van der Waals surface area contributed by atoms with Crippen molar-refractivity contribution in [1.82, 2.24) is 4.98 Å². The maximum Gasteiger partial charge on any atom is 0.136 e. The van der Waals surface area contributed by atoms with E-state index in [0.717, 1.165) is 11.3 Å². The molecule has 2 rings (SSSR count). The van der Waals surface area contributed by atoms with Gasteiger partial charge in [0.15, 0.2) is 0 Å². The molecular weight excluding hydrogens is 299 g/mol. The molecule has 0 saturated heterocycles. The van der Waals surface area contributed by atoms with Crippen LogP contribution in [0.1, 0.15) is 11.3 Å². The van der Waals surface area contributed by atoms with Gasteiger partial charge in [0, 0.05) is 24.4 Å². The van der Waals surface area contributed by atoms with E-state index in [2.05, 4.69) is 20.9 Å². The van der Waals surface area contributed by atoms with Gasteiger partial charge in [0.25, 0.3) is 0 Å². The summed E-state index contributed by atoms with van der Waals surface area (Å²) in [5.41, 5.74) is 7.27. The Morgan fingerprint density at radius 3 is 2.94 bits per heavy atom. The number of nitrogens with zero attached hydrogens (tertiary/aromatic N) is 1. The van der Waals surface area contributed by atoms with Crippen molar-refractivity contribution < 1.29 is 9.13 Å². The zero-order chi connectivity index (χ0) is 13.0. The molecule has 0 unspecified atom stereocenters. The second kappa shape index (κ2) is 5.93. The molecule has 0 saturated carbocycles. The van der Waals surface area contributed by atoms with E-state index in [1.165, 1.54) is 12.1 Å². The maximum atomic E-state index is 13.1. The molecule has 5 heteroatoms. The number of hydrogen-bond donors (Lipinski definition) is 1. The third-order valence-electron chi connectivity index (χ3n) is 2.45. The summed E-state index contributed by atoms with van der Waals surface area (Å²) < 4.78 is 19.4. The minimum atomic E-state index is -0.335. The van der Waals surface area contributed by atoms with Gasteiger partial charge >= 0.3 is 0 Å². The second-order valence-corrected chi connectivity index (χ2v) is 4.53. The molecule has 1 heterocycles. The van der Waals surface area contributed by atoms with E-state index in [-0.39, 0.29) is 5.82 Å². The maximum absolute atomic E-state index is 13.1. The first-order chi connectivity index (χ1) is 8.70. The zero-order valence-corrected chi connectivity index (χ0v) is 11.2. The summed E-state index contributed by atoms with van der Waals surface area (Å²) in [5, 5.41) is 0. The molecule has 2 N–H and O–H groups in total. The molecule has 0 aliphatic rings. The number of pyridine rings is 1. The smallest absolute Gasteiger partial charge is 0.136 e. The van der Waals surface area contributed by atoms with Crippen LogP contribution < -0.4 is 10.5 Å². The van der Waals surface area contributed by atoms with Crippen LogP contribution in [0.15, 0.2) is 41.0 Å². The van der Waals surface area contributed by atoms with Gasteiger partial charge in [-0.25, -0.2) is 4.39 Å². The lowest BCUT2D eigenvalue weighted by Gasteiger charge is -2.10. The van der Waals surface area contributed by atoms with Crippen LogP contribution in [0.5, 0.6) is 5.75 Å². The fraction of sp³-hybridized carbons (Fsp3) is 0.154. The molecule has 3 nitrogen and oxygen atoms in total. The topological polar surface area (TPSA) is 48.1 Å². The molecule has 94 valence electrons. The van der Waals surface area contributed by atoms with Gasteiger partial charge in [0.2, 0.25) is 0 Å². The first kappa shape index (κ1) is 13.0. The van der Waals surface area contributed by atoms with Crippen LogP contribution in [0.2, 0.25) is 0 Å². The summed E-state index contributed by atoms with van der Waals surface area (Å²) in [6.45, 7) is 0.659. The summed E-state index contributed by atoms with van der Waals surface area (Å²) in [6, 6.07) is 8.02. The first-order valence-corrected chi connectivity index (χ1v) is 6.20. The second-order valence-electron chi connectivity index (χ2n) is 3.68. The highest BCUT2D eigenvalue weighted by Crippen LogP contribution is 2.26. The van der Waals surface area contributed by atoms with E-state index in [1.54, 1.807) is 12.3 Å². The van der Waals surface area contributed by atoms with E-state index in [1.807, 2.05) is 12.1 Å². The molecule has 0 amide bonds. The Morgan fingerprint density at radius 1 is 1.33 bits per heavy atom. The Bertz CT molecular complexity index is 548. The number of halogens is 2. The lowest BCUT2D eigenvalue weighted by molar-refractivity contribution is 0.301.